The number of rotatable bonds is 4. The molecule has 0 spiro atoms. The third-order valence-corrected chi connectivity index (χ3v) is 2.86. The predicted molar refractivity (Wildman–Crippen MR) is 73.7 cm³/mol. The molecule has 0 unspecified atom stereocenters. The molecule has 0 aliphatic carbocycles. The van der Waals surface area contributed by atoms with Crippen LogP contribution < -0.4 is 9.47 Å². The van der Waals surface area contributed by atoms with Gasteiger partial charge in [-0.3, -0.25) is 0 Å². The van der Waals surface area contributed by atoms with Crippen molar-refractivity contribution in [3.05, 3.63) is 47.2 Å². The summed E-state index contributed by atoms with van der Waals surface area (Å²) in [5.41, 5.74) is 0.871. The van der Waals surface area contributed by atoms with Crippen LogP contribution in [0.2, 0.25) is 0 Å². The number of carboxylic acids is 1. The van der Waals surface area contributed by atoms with Crippen LogP contribution in [-0.4, -0.2) is 23.2 Å². The van der Waals surface area contributed by atoms with Crippen molar-refractivity contribution < 1.29 is 19.4 Å². The Morgan fingerprint density at radius 1 is 1.38 bits per heavy atom. The Balaban J connectivity index is 2.57. The Kier molecular flexibility index (Phi) is 4.05. The van der Waals surface area contributed by atoms with E-state index in [4.69, 9.17) is 14.7 Å². The van der Waals surface area contributed by atoms with Gasteiger partial charge in [-0.15, -0.1) is 0 Å². The molecule has 21 heavy (non-hydrogen) atoms. The fraction of sp³-hybridized carbons (Fsp3) is 0.133. The monoisotopic (exact) mass is 284 g/mol. The lowest BCUT2D eigenvalue weighted by molar-refractivity contribution is 0.0693. The number of carbonyl (C=O) groups is 1. The molecule has 1 aromatic heterocycles. The van der Waals surface area contributed by atoms with Gasteiger partial charge in [-0.05, 0) is 30.7 Å². The van der Waals surface area contributed by atoms with Gasteiger partial charge in [0.15, 0.2) is 11.5 Å². The van der Waals surface area contributed by atoms with Crippen LogP contribution in [0, 0.1) is 18.3 Å². The number of pyridine rings is 1. The van der Waals surface area contributed by atoms with Crippen molar-refractivity contribution in [3.8, 4) is 23.4 Å². The van der Waals surface area contributed by atoms with Crippen LogP contribution in [0.3, 0.4) is 0 Å². The second kappa shape index (κ2) is 5.92. The van der Waals surface area contributed by atoms with Gasteiger partial charge in [-0.25, -0.2) is 9.78 Å². The molecule has 0 fully saturated rings. The van der Waals surface area contributed by atoms with E-state index in [1.165, 1.54) is 19.4 Å². The molecule has 2 aromatic rings. The van der Waals surface area contributed by atoms with E-state index in [0.29, 0.717) is 5.56 Å². The van der Waals surface area contributed by atoms with Crippen LogP contribution >= 0.6 is 0 Å². The summed E-state index contributed by atoms with van der Waals surface area (Å²) in [4.78, 5) is 15.3. The highest BCUT2D eigenvalue weighted by molar-refractivity contribution is 5.92. The standard InChI is InChI=1S/C15H12N2O4/c1-9-6-7-17-14(11(9)8-16)21-13-10(15(18)19)4-3-5-12(13)20-2/h3-7H,1-2H3,(H,18,19). The number of nitriles is 1. The van der Waals surface area contributed by atoms with Gasteiger partial charge in [0.25, 0.3) is 0 Å². The quantitative estimate of drug-likeness (QED) is 0.928. The number of carboxylic acid groups (broad SMARTS) is 1. The van der Waals surface area contributed by atoms with Crippen LogP contribution in [0.4, 0.5) is 0 Å². The number of aromatic carboxylic acids is 1. The minimum Gasteiger partial charge on any atom is -0.493 e. The van der Waals surface area contributed by atoms with E-state index in [-0.39, 0.29) is 28.5 Å². The third-order valence-electron chi connectivity index (χ3n) is 2.86. The Bertz CT molecular complexity index is 735. The van der Waals surface area contributed by atoms with Crippen molar-refractivity contribution in [2.75, 3.05) is 7.11 Å². The van der Waals surface area contributed by atoms with E-state index in [2.05, 4.69) is 4.98 Å². The Hall–Kier alpha value is -3.07. The van der Waals surface area contributed by atoms with Crippen molar-refractivity contribution in [1.82, 2.24) is 4.98 Å². The minimum absolute atomic E-state index is 0.0158. The Labute approximate surface area is 121 Å². The molecular weight excluding hydrogens is 272 g/mol. The summed E-state index contributed by atoms with van der Waals surface area (Å²) in [6, 6.07) is 8.18. The Morgan fingerprint density at radius 3 is 2.76 bits per heavy atom. The van der Waals surface area contributed by atoms with Crippen molar-refractivity contribution in [1.29, 1.82) is 5.26 Å². The molecule has 0 radical (unpaired) electrons. The lowest BCUT2D eigenvalue weighted by atomic mass is 10.1. The summed E-state index contributed by atoms with van der Waals surface area (Å²) in [5, 5.41) is 18.4. The van der Waals surface area contributed by atoms with Crippen LogP contribution in [0.1, 0.15) is 21.5 Å². The van der Waals surface area contributed by atoms with Gasteiger partial charge >= 0.3 is 5.97 Å². The molecule has 0 aliphatic heterocycles. The molecule has 0 bridgehead atoms. The average Bonchev–Trinajstić information content (AvgIpc) is 2.47. The van der Waals surface area contributed by atoms with Gasteiger partial charge in [-0.2, -0.15) is 5.26 Å². The topological polar surface area (TPSA) is 92.4 Å². The first-order valence-electron chi connectivity index (χ1n) is 6.02. The number of ether oxygens (including phenoxy) is 2. The first-order chi connectivity index (χ1) is 10.1. The van der Waals surface area contributed by atoms with Gasteiger partial charge in [0, 0.05) is 6.20 Å². The van der Waals surface area contributed by atoms with E-state index >= 15 is 0 Å². The molecule has 1 aromatic carbocycles. The third kappa shape index (κ3) is 2.77. The molecule has 106 valence electrons. The minimum atomic E-state index is -1.16. The second-order valence-electron chi connectivity index (χ2n) is 4.16. The van der Waals surface area contributed by atoms with Crippen LogP contribution in [-0.2, 0) is 0 Å². The van der Waals surface area contributed by atoms with E-state index in [1.807, 2.05) is 6.07 Å². The number of hydrogen-bond acceptors (Lipinski definition) is 5. The van der Waals surface area contributed by atoms with Crippen molar-refractivity contribution in [2.24, 2.45) is 0 Å². The number of aryl methyl sites for hydroxylation is 1. The molecule has 0 saturated heterocycles. The van der Waals surface area contributed by atoms with Crippen LogP contribution in [0.5, 0.6) is 17.4 Å². The molecule has 1 N–H and O–H groups in total. The maximum atomic E-state index is 11.3. The maximum Gasteiger partial charge on any atom is 0.339 e. The summed E-state index contributed by atoms with van der Waals surface area (Å²) >= 11 is 0. The van der Waals surface area contributed by atoms with Crippen molar-refractivity contribution >= 4 is 5.97 Å². The second-order valence-corrected chi connectivity index (χ2v) is 4.16. The molecule has 2 rings (SSSR count). The number of benzene rings is 1. The summed E-state index contributed by atoms with van der Waals surface area (Å²) in [6.45, 7) is 1.74. The number of hydrogen-bond donors (Lipinski definition) is 1. The molecule has 6 heteroatoms. The Morgan fingerprint density at radius 2 is 2.14 bits per heavy atom. The molecule has 0 aliphatic rings. The molecule has 0 amide bonds. The van der Waals surface area contributed by atoms with E-state index in [1.54, 1.807) is 25.1 Å². The van der Waals surface area contributed by atoms with Gasteiger partial charge in [-0.1, -0.05) is 6.07 Å². The zero-order valence-corrected chi connectivity index (χ0v) is 11.5. The van der Waals surface area contributed by atoms with Crippen molar-refractivity contribution in [2.45, 2.75) is 6.92 Å². The van der Waals surface area contributed by atoms with Crippen LogP contribution in [0.15, 0.2) is 30.5 Å². The molecule has 1 heterocycles. The predicted octanol–water partition coefficient (Wildman–Crippen LogP) is 2.76. The first kappa shape index (κ1) is 14.3. The summed E-state index contributed by atoms with van der Waals surface area (Å²) in [5.74, 6) is -0.844. The summed E-state index contributed by atoms with van der Waals surface area (Å²) in [7, 11) is 1.41. The van der Waals surface area contributed by atoms with Crippen molar-refractivity contribution in [3.63, 3.8) is 0 Å². The molecular formula is C15H12N2O4. The fourth-order valence-corrected chi connectivity index (χ4v) is 1.79. The number of nitrogens with zero attached hydrogens (tertiary/aromatic N) is 2. The number of methoxy groups -OCH3 is 1. The smallest absolute Gasteiger partial charge is 0.339 e. The highest BCUT2D eigenvalue weighted by Gasteiger charge is 2.19. The summed E-state index contributed by atoms with van der Waals surface area (Å²) < 4.78 is 10.7. The number of aromatic nitrogens is 1. The van der Waals surface area contributed by atoms with E-state index in [0.717, 1.165) is 0 Å². The van der Waals surface area contributed by atoms with E-state index in [9.17, 15) is 9.90 Å². The molecule has 0 atom stereocenters. The van der Waals surface area contributed by atoms with Gasteiger partial charge < -0.3 is 14.6 Å². The normalized spacial score (nSPS) is 9.76. The lowest BCUT2D eigenvalue weighted by Crippen LogP contribution is -2.03. The van der Waals surface area contributed by atoms with Crippen LogP contribution in [0.25, 0.3) is 0 Å². The first-order valence-corrected chi connectivity index (χ1v) is 6.02. The zero-order chi connectivity index (χ0) is 15.4. The maximum absolute atomic E-state index is 11.3. The zero-order valence-electron chi connectivity index (χ0n) is 11.5. The largest absolute Gasteiger partial charge is 0.493 e. The molecule has 6 nitrogen and oxygen atoms in total. The lowest BCUT2D eigenvalue weighted by Gasteiger charge is -2.13. The van der Waals surface area contributed by atoms with Gasteiger partial charge in [0.2, 0.25) is 5.88 Å². The van der Waals surface area contributed by atoms with Gasteiger partial charge in [0.05, 0.1) is 7.11 Å². The highest BCUT2D eigenvalue weighted by Crippen LogP contribution is 2.35. The fourth-order valence-electron chi connectivity index (χ4n) is 1.79. The molecule has 0 saturated carbocycles. The number of para-hydroxylation sites is 1. The SMILES string of the molecule is COc1cccc(C(=O)O)c1Oc1nccc(C)c1C#N. The summed E-state index contributed by atoms with van der Waals surface area (Å²) in [6.07, 6.45) is 1.49. The average molecular weight is 284 g/mol. The van der Waals surface area contributed by atoms with E-state index < -0.39 is 5.97 Å². The van der Waals surface area contributed by atoms with Gasteiger partial charge in [0.1, 0.15) is 17.2 Å². The highest BCUT2D eigenvalue weighted by atomic mass is 16.5.